The van der Waals surface area contributed by atoms with Gasteiger partial charge in [-0.05, 0) is 30.7 Å². The highest BCUT2D eigenvalue weighted by molar-refractivity contribution is 7.16. The molecule has 0 atom stereocenters. The molecule has 0 aliphatic heterocycles. The van der Waals surface area contributed by atoms with E-state index in [0.717, 1.165) is 16.8 Å². The number of para-hydroxylation sites is 1. The van der Waals surface area contributed by atoms with E-state index in [1.165, 1.54) is 11.3 Å². The first-order chi connectivity index (χ1) is 13.0. The van der Waals surface area contributed by atoms with Crippen molar-refractivity contribution >= 4 is 28.1 Å². The third-order valence-electron chi connectivity index (χ3n) is 4.06. The third kappa shape index (κ3) is 4.20. The molecule has 3 rings (SSSR count). The second-order valence-corrected chi connectivity index (χ2v) is 6.95. The largest absolute Gasteiger partial charge is 0.497 e. The number of aromatic nitrogens is 1. The summed E-state index contributed by atoms with van der Waals surface area (Å²) in [4.78, 5) is 16.6. The zero-order chi connectivity index (χ0) is 19.4. The van der Waals surface area contributed by atoms with Crippen molar-refractivity contribution in [1.29, 1.82) is 0 Å². The molecule has 0 spiro atoms. The average Bonchev–Trinajstić information content (AvgIpc) is 3.04. The summed E-state index contributed by atoms with van der Waals surface area (Å²) in [6.07, 6.45) is -0.113. The first-order valence-corrected chi connectivity index (χ1v) is 9.10. The van der Waals surface area contributed by atoms with Gasteiger partial charge in [0.25, 0.3) is 0 Å². The Hall–Kier alpha value is -3.06. The second kappa shape index (κ2) is 8.09. The molecule has 0 amide bonds. The molecule has 3 aromatic rings. The minimum atomic E-state index is -0.908. The molecular weight excluding hydrogens is 364 g/mol. The van der Waals surface area contributed by atoms with Gasteiger partial charge in [-0.15, -0.1) is 11.3 Å². The maximum atomic E-state index is 11.3. The fourth-order valence-electron chi connectivity index (χ4n) is 2.70. The molecule has 0 unspecified atom stereocenters. The summed E-state index contributed by atoms with van der Waals surface area (Å²) in [5, 5.41) is 13.2. The number of carboxylic acid groups (broad SMARTS) is 1. The standard InChI is InChI=1S/C20H20N2O4S/c1-12-6-4-5-7-15(12)21-20-22-19(17(27-20)11-18(23)24)14-9-8-13(25-2)10-16(14)26-3/h4-10H,11H2,1-3H3,(H,21,22)(H,23,24). The van der Waals surface area contributed by atoms with E-state index in [4.69, 9.17) is 9.47 Å². The second-order valence-electron chi connectivity index (χ2n) is 5.87. The van der Waals surface area contributed by atoms with Gasteiger partial charge in [-0.3, -0.25) is 4.79 Å². The van der Waals surface area contributed by atoms with E-state index in [1.807, 2.05) is 37.3 Å². The summed E-state index contributed by atoms with van der Waals surface area (Å²) >= 11 is 1.33. The topological polar surface area (TPSA) is 80.7 Å². The number of aryl methyl sites for hydroxylation is 1. The van der Waals surface area contributed by atoms with E-state index in [1.54, 1.807) is 26.4 Å². The molecule has 2 aromatic carbocycles. The molecule has 0 saturated carbocycles. The maximum Gasteiger partial charge on any atom is 0.308 e. The lowest BCUT2D eigenvalue weighted by Crippen LogP contribution is -2.00. The normalized spacial score (nSPS) is 10.5. The Kier molecular flexibility index (Phi) is 5.61. The predicted molar refractivity (Wildman–Crippen MR) is 106 cm³/mol. The minimum Gasteiger partial charge on any atom is -0.497 e. The lowest BCUT2D eigenvalue weighted by Gasteiger charge is -2.10. The summed E-state index contributed by atoms with van der Waals surface area (Å²) in [5.74, 6) is 0.326. The summed E-state index contributed by atoms with van der Waals surface area (Å²) in [7, 11) is 3.14. The van der Waals surface area contributed by atoms with Crippen LogP contribution < -0.4 is 14.8 Å². The van der Waals surface area contributed by atoms with Crippen LogP contribution in [0.2, 0.25) is 0 Å². The molecule has 7 heteroatoms. The Morgan fingerprint density at radius 3 is 2.63 bits per heavy atom. The van der Waals surface area contributed by atoms with Crippen LogP contribution in [0.5, 0.6) is 11.5 Å². The molecule has 0 saturated heterocycles. The fraction of sp³-hybridized carbons (Fsp3) is 0.200. The summed E-state index contributed by atoms with van der Waals surface area (Å²) < 4.78 is 10.7. The van der Waals surface area contributed by atoms with E-state index in [0.29, 0.717) is 27.2 Å². The molecule has 0 radical (unpaired) electrons. The van der Waals surface area contributed by atoms with Crippen molar-refractivity contribution in [3.05, 3.63) is 52.9 Å². The van der Waals surface area contributed by atoms with Crippen molar-refractivity contribution in [3.63, 3.8) is 0 Å². The number of nitrogens with zero attached hydrogens (tertiary/aromatic N) is 1. The minimum absolute atomic E-state index is 0.113. The molecule has 27 heavy (non-hydrogen) atoms. The van der Waals surface area contributed by atoms with E-state index < -0.39 is 5.97 Å². The van der Waals surface area contributed by atoms with E-state index in [-0.39, 0.29) is 6.42 Å². The molecule has 1 heterocycles. The highest BCUT2D eigenvalue weighted by Crippen LogP contribution is 2.39. The van der Waals surface area contributed by atoms with Gasteiger partial charge in [0.2, 0.25) is 0 Å². The van der Waals surface area contributed by atoms with E-state index in [9.17, 15) is 9.90 Å². The zero-order valence-corrected chi connectivity index (χ0v) is 16.1. The molecule has 6 nitrogen and oxygen atoms in total. The van der Waals surface area contributed by atoms with Crippen molar-refractivity contribution in [2.75, 3.05) is 19.5 Å². The SMILES string of the molecule is COc1ccc(-c2nc(Nc3ccccc3C)sc2CC(=O)O)c(OC)c1. The average molecular weight is 384 g/mol. The van der Waals surface area contributed by atoms with Crippen molar-refractivity contribution in [1.82, 2.24) is 4.98 Å². The van der Waals surface area contributed by atoms with E-state index >= 15 is 0 Å². The van der Waals surface area contributed by atoms with Crippen molar-refractivity contribution in [2.45, 2.75) is 13.3 Å². The van der Waals surface area contributed by atoms with Crippen LogP contribution >= 0.6 is 11.3 Å². The van der Waals surface area contributed by atoms with Crippen LogP contribution in [0.25, 0.3) is 11.3 Å². The number of ether oxygens (including phenoxy) is 2. The predicted octanol–water partition coefficient (Wildman–Crippen LogP) is 4.51. The molecule has 2 N–H and O–H groups in total. The van der Waals surface area contributed by atoms with Crippen LogP contribution in [0, 0.1) is 6.92 Å². The Morgan fingerprint density at radius 1 is 1.19 bits per heavy atom. The number of thiazole rings is 1. The van der Waals surface area contributed by atoms with Gasteiger partial charge in [0.1, 0.15) is 11.5 Å². The van der Waals surface area contributed by atoms with Crippen LogP contribution in [0.1, 0.15) is 10.4 Å². The molecule has 0 aliphatic carbocycles. The Morgan fingerprint density at radius 2 is 1.96 bits per heavy atom. The Labute approximate surface area is 161 Å². The van der Waals surface area contributed by atoms with Gasteiger partial charge in [0, 0.05) is 22.2 Å². The first kappa shape index (κ1) is 18.7. The maximum absolute atomic E-state index is 11.3. The van der Waals surface area contributed by atoms with Gasteiger partial charge in [0.15, 0.2) is 5.13 Å². The smallest absolute Gasteiger partial charge is 0.308 e. The van der Waals surface area contributed by atoms with Crippen LogP contribution in [0.3, 0.4) is 0 Å². The van der Waals surface area contributed by atoms with Gasteiger partial charge in [-0.1, -0.05) is 18.2 Å². The number of nitrogens with one attached hydrogen (secondary N) is 1. The molecule has 1 aromatic heterocycles. The summed E-state index contributed by atoms with van der Waals surface area (Å²) in [6.45, 7) is 2.00. The van der Waals surface area contributed by atoms with Crippen molar-refractivity contribution in [3.8, 4) is 22.8 Å². The first-order valence-electron chi connectivity index (χ1n) is 8.28. The van der Waals surface area contributed by atoms with E-state index in [2.05, 4.69) is 10.3 Å². The van der Waals surface area contributed by atoms with Crippen LogP contribution in [0.4, 0.5) is 10.8 Å². The molecule has 140 valence electrons. The number of benzene rings is 2. The Bertz CT molecular complexity index is 968. The molecular formula is C20H20N2O4S. The van der Waals surface area contributed by atoms with Gasteiger partial charge in [-0.25, -0.2) is 4.98 Å². The highest BCUT2D eigenvalue weighted by Gasteiger charge is 2.19. The number of carboxylic acids is 1. The number of rotatable bonds is 7. The number of aliphatic carboxylic acids is 1. The highest BCUT2D eigenvalue weighted by atomic mass is 32.1. The third-order valence-corrected chi connectivity index (χ3v) is 5.03. The van der Waals surface area contributed by atoms with Crippen molar-refractivity contribution in [2.24, 2.45) is 0 Å². The monoisotopic (exact) mass is 384 g/mol. The van der Waals surface area contributed by atoms with Crippen LogP contribution in [-0.2, 0) is 11.2 Å². The van der Waals surface area contributed by atoms with Crippen LogP contribution in [-0.4, -0.2) is 30.3 Å². The fourth-order valence-corrected chi connectivity index (χ4v) is 3.67. The van der Waals surface area contributed by atoms with Gasteiger partial charge >= 0.3 is 5.97 Å². The zero-order valence-electron chi connectivity index (χ0n) is 15.3. The van der Waals surface area contributed by atoms with Crippen LogP contribution in [0.15, 0.2) is 42.5 Å². The van der Waals surface area contributed by atoms with Crippen molar-refractivity contribution < 1.29 is 19.4 Å². The number of hydrogen-bond acceptors (Lipinski definition) is 6. The van der Waals surface area contributed by atoms with Gasteiger partial charge in [0.05, 0.1) is 26.3 Å². The molecule has 0 fully saturated rings. The van der Waals surface area contributed by atoms with Gasteiger partial charge < -0.3 is 19.9 Å². The number of carbonyl (C=O) groups is 1. The number of hydrogen-bond donors (Lipinski definition) is 2. The number of methoxy groups -OCH3 is 2. The lowest BCUT2D eigenvalue weighted by molar-refractivity contribution is -0.136. The quantitative estimate of drug-likeness (QED) is 0.624. The Balaban J connectivity index is 2.05. The summed E-state index contributed by atoms with van der Waals surface area (Å²) in [6, 6.07) is 13.3. The molecule has 0 bridgehead atoms. The lowest BCUT2D eigenvalue weighted by atomic mass is 10.1. The van der Waals surface area contributed by atoms with Gasteiger partial charge in [-0.2, -0.15) is 0 Å². The number of anilines is 2. The molecule has 0 aliphatic rings. The summed E-state index contributed by atoms with van der Waals surface area (Å²) in [5.41, 5.74) is 3.33.